The minimum atomic E-state index is -0.254. The molecular weight excluding hydrogens is 440 g/mol. The zero-order valence-electron chi connectivity index (χ0n) is 21.5. The van der Waals surface area contributed by atoms with Crippen LogP contribution in [0.5, 0.6) is 0 Å². The zero-order chi connectivity index (χ0) is 25.5. The molecule has 2 aliphatic rings. The number of allylic oxidation sites excluding steroid dienone is 2. The van der Waals surface area contributed by atoms with Gasteiger partial charge in [-0.25, -0.2) is 9.97 Å². The first-order valence-electron chi connectivity index (χ1n) is 12.0. The Morgan fingerprint density at radius 1 is 1.11 bits per heavy atom. The van der Waals surface area contributed by atoms with Crippen molar-refractivity contribution in [3.8, 4) is 5.95 Å². The van der Waals surface area contributed by atoms with E-state index < -0.39 is 0 Å². The second kappa shape index (κ2) is 9.34. The Balaban J connectivity index is 0.000000672. The number of aliphatic hydroxyl groups excluding tert-OH is 1. The fourth-order valence-corrected chi connectivity index (χ4v) is 4.86. The first-order chi connectivity index (χ1) is 16.5. The van der Waals surface area contributed by atoms with Crippen molar-refractivity contribution in [2.45, 2.75) is 73.3 Å². The number of Topliss-reactive ketones (excluding diaryl/α,β-unsaturated/α-hetero) is 1. The fourth-order valence-electron chi connectivity index (χ4n) is 4.86. The number of carbonyl (C=O) groups is 1. The molecule has 1 unspecified atom stereocenters. The van der Waals surface area contributed by atoms with Gasteiger partial charge in [0, 0.05) is 46.9 Å². The van der Waals surface area contributed by atoms with Crippen LogP contribution >= 0.6 is 0 Å². The van der Waals surface area contributed by atoms with Crippen molar-refractivity contribution >= 4 is 11.6 Å². The Morgan fingerprint density at radius 2 is 1.77 bits per heavy atom. The highest BCUT2D eigenvalue weighted by molar-refractivity contribution is 6.01. The average Bonchev–Trinajstić information content (AvgIpc) is 3.07. The third-order valence-electron chi connectivity index (χ3n) is 6.02. The molecule has 3 aromatic rings. The maximum Gasteiger partial charge on any atom is 0.252 e. The van der Waals surface area contributed by atoms with E-state index in [0.717, 1.165) is 51.8 Å². The van der Waals surface area contributed by atoms with Crippen LogP contribution in [0.15, 0.2) is 41.7 Å². The molecule has 35 heavy (non-hydrogen) atoms. The van der Waals surface area contributed by atoms with E-state index in [1.807, 2.05) is 45.0 Å². The number of fused-ring (bicyclic) bond motifs is 1. The summed E-state index contributed by atoms with van der Waals surface area (Å²) in [5.74, 6) is 1.27. The Hall–Kier alpha value is -3.39. The number of carbonyl (C=O) groups excluding carboxylic acids is 1. The van der Waals surface area contributed by atoms with Gasteiger partial charge < -0.3 is 10.4 Å². The quantitative estimate of drug-likeness (QED) is 0.560. The van der Waals surface area contributed by atoms with Crippen molar-refractivity contribution in [3.05, 3.63) is 70.1 Å². The SMILES string of the molecule is CC(C)O.Cc1cc(C)nc(-n2nc(C)c3c2NC2=C(C(=O)CC(C)(C)C2)C3c2ccccn2)n1. The third-order valence-corrected chi connectivity index (χ3v) is 6.02. The summed E-state index contributed by atoms with van der Waals surface area (Å²) in [5.41, 5.74) is 6.09. The van der Waals surface area contributed by atoms with E-state index in [-0.39, 0.29) is 23.2 Å². The van der Waals surface area contributed by atoms with Crippen molar-refractivity contribution in [3.63, 3.8) is 0 Å². The number of pyridine rings is 1. The molecule has 0 bridgehead atoms. The lowest BCUT2D eigenvalue weighted by atomic mass is 9.70. The van der Waals surface area contributed by atoms with Gasteiger partial charge in [-0.05, 0) is 64.7 Å². The van der Waals surface area contributed by atoms with Crippen molar-refractivity contribution in [2.75, 3.05) is 5.32 Å². The highest BCUT2D eigenvalue weighted by Crippen LogP contribution is 2.49. The zero-order valence-corrected chi connectivity index (χ0v) is 21.5. The summed E-state index contributed by atoms with van der Waals surface area (Å²) < 4.78 is 1.77. The van der Waals surface area contributed by atoms with Crippen molar-refractivity contribution in [1.29, 1.82) is 0 Å². The maximum atomic E-state index is 13.3. The number of aromatic nitrogens is 5. The molecule has 1 aliphatic heterocycles. The second-order valence-electron chi connectivity index (χ2n) is 10.4. The summed E-state index contributed by atoms with van der Waals surface area (Å²) in [4.78, 5) is 27.2. The molecule has 8 nitrogen and oxygen atoms in total. The highest BCUT2D eigenvalue weighted by Gasteiger charge is 2.43. The number of anilines is 1. The molecule has 8 heteroatoms. The molecule has 0 aromatic carbocycles. The van der Waals surface area contributed by atoms with Gasteiger partial charge in [0.25, 0.3) is 5.95 Å². The fraction of sp³-hybridized carbons (Fsp3) is 0.444. The third kappa shape index (κ3) is 5.03. The summed E-state index contributed by atoms with van der Waals surface area (Å²) in [6, 6.07) is 7.79. The van der Waals surface area contributed by atoms with Gasteiger partial charge in [-0.3, -0.25) is 9.78 Å². The molecule has 0 fully saturated rings. The molecule has 2 N–H and O–H groups in total. The Bertz CT molecular complexity index is 1270. The lowest BCUT2D eigenvalue weighted by molar-refractivity contribution is -0.118. The van der Waals surface area contributed by atoms with E-state index in [1.165, 1.54) is 0 Å². The summed E-state index contributed by atoms with van der Waals surface area (Å²) in [7, 11) is 0. The highest BCUT2D eigenvalue weighted by atomic mass is 16.3. The topological polar surface area (TPSA) is 106 Å². The normalized spacial score (nSPS) is 18.4. The second-order valence-corrected chi connectivity index (χ2v) is 10.4. The van der Waals surface area contributed by atoms with Crippen LogP contribution in [-0.4, -0.2) is 41.7 Å². The monoisotopic (exact) mass is 474 g/mol. The van der Waals surface area contributed by atoms with Crippen LogP contribution in [0.25, 0.3) is 5.95 Å². The first kappa shape index (κ1) is 24.7. The van der Waals surface area contributed by atoms with Gasteiger partial charge >= 0.3 is 0 Å². The predicted octanol–water partition coefficient (Wildman–Crippen LogP) is 4.57. The van der Waals surface area contributed by atoms with E-state index in [2.05, 4.69) is 34.1 Å². The molecular formula is C27H34N6O2. The van der Waals surface area contributed by atoms with Crippen LogP contribution in [-0.2, 0) is 4.79 Å². The van der Waals surface area contributed by atoms with Crippen molar-refractivity contribution in [1.82, 2.24) is 24.7 Å². The Kier molecular flexibility index (Phi) is 6.60. The van der Waals surface area contributed by atoms with E-state index in [0.29, 0.717) is 12.4 Å². The Labute approximate surface area is 206 Å². The largest absolute Gasteiger partial charge is 0.394 e. The van der Waals surface area contributed by atoms with Gasteiger partial charge in [-0.2, -0.15) is 9.78 Å². The number of hydrogen-bond acceptors (Lipinski definition) is 7. The molecule has 1 atom stereocenters. The molecule has 3 aromatic heterocycles. The number of nitrogens with one attached hydrogen (secondary N) is 1. The van der Waals surface area contributed by atoms with Gasteiger partial charge in [0.15, 0.2) is 5.78 Å². The molecule has 1 aliphatic carbocycles. The number of hydrogen-bond donors (Lipinski definition) is 2. The van der Waals surface area contributed by atoms with Crippen LogP contribution in [0.4, 0.5) is 5.82 Å². The summed E-state index contributed by atoms with van der Waals surface area (Å²) >= 11 is 0. The van der Waals surface area contributed by atoms with Gasteiger partial charge in [0.1, 0.15) is 5.82 Å². The smallest absolute Gasteiger partial charge is 0.252 e. The van der Waals surface area contributed by atoms with Crippen molar-refractivity contribution < 1.29 is 9.90 Å². The van der Waals surface area contributed by atoms with Crippen LogP contribution < -0.4 is 5.32 Å². The molecule has 0 amide bonds. The van der Waals surface area contributed by atoms with Gasteiger partial charge in [0.2, 0.25) is 0 Å². The average molecular weight is 475 g/mol. The maximum absolute atomic E-state index is 13.3. The van der Waals surface area contributed by atoms with Crippen LogP contribution in [0, 0.1) is 26.2 Å². The van der Waals surface area contributed by atoms with Crippen LogP contribution in [0.2, 0.25) is 0 Å². The van der Waals surface area contributed by atoms with Gasteiger partial charge in [-0.1, -0.05) is 19.9 Å². The van der Waals surface area contributed by atoms with E-state index in [9.17, 15) is 4.79 Å². The number of nitrogens with zero attached hydrogens (tertiary/aromatic N) is 5. The first-order valence-corrected chi connectivity index (χ1v) is 12.0. The summed E-state index contributed by atoms with van der Waals surface area (Å²) in [6.07, 6.45) is 2.93. The van der Waals surface area contributed by atoms with Crippen LogP contribution in [0.1, 0.15) is 74.8 Å². The van der Waals surface area contributed by atoms with Crippen molar-refractivity contribution in [2.24, 2.45) is 5.41 Å². The van der Waals surface area contributed by atoms with E-state index in [1.54, 1.807) is 24.7 Å². The molecule has 0 saturated carbocycles. The molecule has 0 spiro atoms. The van der Waals surface area contributed by atoms with E-state index >= 15 is 0 Å². The van der Waals surface area contributed by atoms with Crippen LogP contribution in [0.3, 0.4) is 0 Å². The molecule has 4 heterocycles. The lowest BCUT2D eigenvalue weighted by Gasteiger charge is -2.38. The minimum absolute atomic E-state index is 0.106. The lowest BCUT2D eigenvalue weighted by Crippen LogP contribution is -2.34. The van der Waals surface area contributed by atoms with E-state index in [4.69, 9.17) is 10.2 Å². The Morgan fingerprint density at radius 3 is 2.37 bits per heavy atom. The molecule has 0 radical (unpaired) electrons. The molecule has 5 rings (SSSR count). The number of aliphatic hydroxyl groups is 1. The van der Waals surface area contributed by atoms with Gasteiger partial charge in [0.05, 0.1) is 17.3 Å². The predicted molar refractivity (Wildman–Crippen MR) is 135 cm³/mol. The number of ketones is 1. The standard InChI is InChI=1S/C24H26N6O.C3H8O/c1-13-10-14(2)27-23(26-13)30-22-19(15(3)29-30)21(16-8-6-7-9-25-16)20-17(28-22)11-24(4,5)12-18(20)31;1-3(2)4/h6-10,21,28H,11-12H2,1-5H3;3-4H,1-2H3. The summed E-state index contributed by atoms with van der Waals surface area (Å²) in [5, 5.41) is 16.4. The van der Waals surface area contributed by atoms with Gasteiger partial charge in [-0.15, -0.1) is 0 Å². The minimum Gasteiger partial charge on any atom is -0.394 e. The molecule has 0 saturated heterocycles. The number of aryl methyl sites for hydroxylation is 3. The summed E-state index contributed by atoms with van der Waals surface area (Å²) in [6.45, 7) is 13.6. The molecule has 184 valence electrons. The number of rotatable bonds is 2.